The number of nitrogens with one attached hydrogen (secondary N) is 1. The third-order valence-corrected chi connectivity index (χ3v) is 4.78. The van der Waals surface area contributed by atoms with Gasteiger partial charge in [-0.1, -0.05) is 19.3 Å². The molecule has 5 heteroatoms. The van der Waals surface area contributed by atoms with E-state index in [9.17, 15) is 4.79 Å². The van der Waals surface area contributed by atoms with Gasteiger partial charge in [0.15, 0.2) is 0 Å². The van der Waals surface area contributed by atoms with Crippen LogP contribution in [-0.4, -0.2) is 42.0 Å². The fraction of sp³-hybridized carbons (Fsp3) is 0.625. The van der Waals surface area contributed by atoms with Crippen LogP contribution in [0.15, 0.2) is 22.8 Å². The molecule has 116 valence electrons. The first kappa shape index (κ1) is 16.4. The minimum atomic E-state index is -0.109. The van der Waals surface area contributed by atoms with E-state index in [4.69, 9.17) is 0 Å². The molecule has 1 fully saturated rings. The van der Waals surface area contributed by atoms with E-state index in [1.165, 1.54) is 32.1 Å². The van der Waals surface area contributed by atoms with E-state index in [-0.39, 0.29) is 5.91 Å². The maximum absolute atomic E-state index is 12.0. The molecular formula is C16H24BrN3O. The SMILES string of the molecule is CN(CCCNC(=O)c1ncccc1Br)C1CCCCC1. The zero-order chi connectivity index (χ0) is 15.1. The molecule has 1 heterocycles. The minimum Gasteiger partial charge on any atom is -0.351 e. The first-order valence-electron chi connectivity index (χ1n) is 7.77. The van der Waals surface area contributed by atoms with Gasteiger partial charge in [-0.25, -0.2) is 4.98 Å². The highest BCUT2D eigenvalue weighted by molar-refractivity contribution is 9.10. The number of carbonyl (C=O) groups is 1. The maximum Gasteiger partial charge on any atom is 0.271 e. The topological polar surface area (TPSA) is 45.2 Å². The molecule has 1 amide bonds. The number of halogens is 1. The fourth-order valence-electron chi connectivity index (χ4n) is 2.87. The lowest BCUT2D eigenvalue weighted by molar-refractivity contribution is 0.0944. The average molecular weight is 354 g/mol. The zero-order valence-electron chi connectivity index (χ0n) is 12.6. The molecule has 1 aromatic heterocycles. The van der Waals surface area contributed by atoms with E-state index in [0.717, 1.165) is 23.5 Å². The second kappa shape index (κ2) is 8.49. The van der Waals surface area contributed by atoms with Crippen molar-refractivity contribution in [1.82, 2.24) is 15.2 Å². The molecule has 0 aliphatic heterocycles. The summed E-state index contributed by atoms with van der Waals surface area (Å²) in [6, 6.07) is 4.37. The predicted molar refractivity (Wildman–Crippen MR) is 88.4 cm³/mol. The van der Waals surface area contributed by atoms with Gasteiger partial charge in [-0.3, -0.25) is 4.79 Å². The van der Waals surface area contributed by atoms with Crippen molar-refractivity contribution in [3.63, 3.8) is 0 Å². The molecule has 0 unspecified atom stereocenters. The lowest BCUT2D eigenvalue weighted by Gasteiger charge is -2.31. The number of hydrogen-bond acceptors (Lipinski definition) is 3. The summed E-state index contributed by atoms with van der Waals surface area (Å²) < 4.78 is 0.738. The number of hydrogen-bond donors (Lipinski definition) is 1. The molecule has 1 saturated carbocycles. The van der Waals surface area contributed by atoms with Gasteiger partial charge in [0.25, 0.3) is 5.91 Å². The van der Waals surface area contributed by atoms with Crippen LogP contribution < -0.4 is 5.32 Å². The largest absolute Gasteiger partial charge is 0.351 e. The molecule has 0 radical (unpaired) electrons. The maximum atomic E-state index is 12.0. The highest BCUT2D eigenvalue weighted by atomic mass is 79.9. The highest BCUT2D eigenvalue weighted by Crippen LogP contribution is 2.21. The van der Waals surface area contributed by atoms with Crippen molar-refractivity contribution in [2.45, 2.75) is 44.6 Å². The van der Waals surface area contributed by atoms with Gasteiger partial charge in [0.05, 0.1) is 0 Å². The van der Waals surface area contributed by atoms with Crippen LogP contribution in [0.25, 0.3) is 0 Å². The number of nitrogens with zero attached hydrogens (tertiary/aromatic N) is 2. The van der Waals surface area contributed by atoms with Crippen molar-refractivity contribution in [3.8, 4) is 0 Å². The highest BCUT2D eigenvalue weighted by Gasteiger charge is 2.17. The van der Waals surface area contributed by atoms with Gasteiger partial charge < -0.3 is 10.2 Å². The van der Waals surface area contributed by atoms with Crippen molar-refractivity contribution in [2.24, 2.45) is 0 Å². The van der Waals surface area contributed by atoms with Gasteiger partial charge in [0.1, 0.15) is 5.69 Å². The van der Waals surface area contributed by atoms with Crippen molar-refractivity contribution in [2.75, 3.05) is 20.1 Å². The Balaban J connectivity index is 1.67. The molecule has 1 aromatic rings. The lowest BCUT2D eigenvalue weighted by atomic mass is 9.94. The Bertz CT molecular complexity index is 461. The van der Waals surface area contributed by atoms with Gasteiger partial charge in [0, 0.05) is 23.3 Å². The van der Waals surface area contributed by atoms with Crippen LogP contribution in [-0.2, 0) is 0 Å². The number of pyridine rings is 1. The summed E-state index contributed by atoms with van der Waals surface area (Å²) in [5.41, 5.74) is 0.457. The Morgan fingerprint density at radius 1 is 1.43 bits per heavy atom. The minimum absolute atomic E-state index is 0.109. The Labute approximate surface area is 135 Å². The molecular weight excluding hydrogens is 330 g/mol. The molecule has 1 aliphatic rings. The first-order chi connectivity index (χ1) is 10.2. The van der Waals surface area contributed by atoms with Crippen molar-refractivity contribution >= 4 is 21.8 Å². The van der Waals surface area contributed by atoms with Crippen molar-refractivity contribution in [3.05, 3.63) is 28.5 Å². The Hall–Kier alpha value is -0.940. The van der Waals surface area contributed by atoms with E-state index in [2.05, 4.69) is 38.2 Å². The second-order valence-electron chi connectivity index (χ2n) is 5.72. The molecule has 21 heavy (non-hydrogen) atoms. The summed E-state index contributed by atoms with van der Waals surface area (Å²) in [6.07, 6.45) is 9.37. The summed E-state index contributed by atoms with van der Waals surface area (Å²) >= 11 is 3.35. The van der Waals surface area contributed by atoms with Gasteiger partial charge in [-0.2, -0.15) is 0 Å². The molecule has 1 aliphatic carbocycles. The van der Waals surface area contributed by atoms with Gasteiger partial charge in [0.2, 0.25) is 0 Å². The zero-order valence-corrected chi connectivity index (χ0v) is 14.2. The van der Waals surface area contributed by atoms with Crippen LogP contribution in [0.3, 0.4) is 0 Å². The van der Waals surface area contributed by atoms with Gasteiger partial charge in [-0.15, -0.1) is 0 Å². The third-order valence-electron chi connectivity index (χ3n) is 4.14. The Morgan fingerprint density at radius 3 is 2.90 bits per heavy atom. The molecule has 0 atom stereocenters. The van der Waals surface area contributed by atoms with E-state index >= 15 is 0 Å². The number of amides is 1. The summed E-state index contributed by atoms with van der Waals surface area (Å²) in [5.74, 6) is -0.109. The number of carbonyl (C=O) groups excluding carboxylic acids is 1. The third kappa shape index (κ3) is 5.08. The summed E-state index contributed by atoms with van der Waals surface area (Å²) in [6.45, 7) is 1.73. The normalized spacial score (nSPS) is 16.1. The molecule has 0 saturated heterocycles. The van der Waals surface area contributed by atoms with E-state index in [1.54, 1.807) is 12.3 Å². The van der Waals surface area contributed by atoms with Gasteiger partial charge in [-0.05, 0) is 60.9 Å². The molecule has 4 nitrogen and oxygen atoms in total. The predicted octanol–water partition coefficient (Wildman–Crippen LogP) is 3.23. The standard InChI is InChI=1S/C16H24BrN3O/c1-20(13-7-3-2-4-8-13)12-6-11-19-16(21)15-14(17)9-5-10-18-15/h5,9-10,13H,2-4,6-8,11-12H2,1H3,(H,19,21). The average Bonchev–Trinajstić information content (AvgIpc) is 2.52. The van der Waals surface area contributed by atoms with Crippen LogP contribution in [0.4, 0.5) is 0 Å². The Kier molecular flexibility index (Phi) is 6.64. The summed E-state index contributed by atoms with van der Waals surface area (Å²) in [5, 5.41) is 2.94. The quantitative estimate of drug-likeness (QED) is 0.798. The van der Waals surface area contributed by atoms with E-state index < -0.39 is 0 Å². The molecule has 1 N–H and O–H groups in total. The van der Waals surface area contributed by atoms with Crippen LogP contribution in [0.5, 0.6) is 0 Å². The molecule has 0 bridgehead atoms. The van der Waals surface area contributed by atoms with E-state index in [0.29, 0.717) is 12.2 Å². The van der Waals surface area contributed by atoms with Crippen LogP contribution >= 0.6 is 15.9 Å². The summed E-state index contributed by atoms with van der Waals surface area (Å²) in [7, 11) is 2.20. The molecule has 0 spiro atoms. The second-order valence-corrected chi connectivity index (χ2v) is 6.57. The van der Waals surface area contributed by atoms with Crippen LogP contribution in [0.2, 0.25) is 0 Å². The number of aromatic nitrogens is 1. The van der Waals surface area contributed by atoms with E-state index in [1.807, 2.05) is 6.07 Å². The fourth-order valence-corrected chi connectivity index (χ4v) is 3.31. The van der Waals surface area contributed by atoms with Crippen molar-refractivity contribution < 1.29 is 4.79 Å². The lowest BCUT2D eigenvalue weighted by Crippen LogP contribution is -2.36. The smallest absolute Gasteiger partial charge is 0.271 e. The number of rotatable bonds is 6. The molecule has 0 aromatic carbocycles. The summed E-state index contributed by atoms with van der Waals surface area (Å²) in [4.78, 5) is 18.5. The monoisotopic (exact) mass is 353 g/mol. The van der Waals surface area contributed by atoms with Crippen molar-refractivity contribution in [1.29, 1.82) is 0 Å². The van der Waals surface area contributed by atoms with Gasteiger partial charge >= 0.3 is 0 Å². The first-order valence-corrected chi connectivity index (χ1v) is 8.56. The van der Waals surface area contributed by atoms with Crippen LogP contribution in [0.1, 0.15) is 49.0 Å². The Morgan fingerprint density at radius 2 is 2.19 bits per heavy atom. The molecule has 2 rings (SSSR count). The van der Waals surface area contributed by atoms with Crippen LogP contribution in [0, 0.1) is 0 Å².